The summed E-state index contributed by atoms with van der Waals surface area (Å²) >= 11 is 7.78. The Morgan fingerprint density at radius 1 is 0.946 bits per heavy atom. The molecule has 0 aliphatic rings. The van der Waals surface area contributed by atoms with Crippen molar-refractivity contribution in [1.82, 2.24) is 4.98 Å². The van der Waals surface area contributed by atoms with Gasteiger partial charge in [0.2, 0.25) is 0 Å². The van der Waals surface area contributed by atoms with Crippen LogP contribution in [0.2, 0.25) is 4.34 Å². The fraction of sp³-hybridized carbons (Fsp3) is 0.129. The number of fused-ring (bicyclic) bond motifs is 1. The van der Waals surface area contributed by atoms with E-state index < -0.39 is 9.84 Å². The first-order valence-electron chi connectivity index (χ1n) is 12.0. The number of aromatic nitrogens is 1. The van der Waals surface area contributed by atoms with Gasteiger partial charge in [-0.15, -0.1) is 11.3 Å². The summed E-state index contributed by atoms with van der Waals surface area (Å²) < 4.78 is 24.6. The lowest BCUT2D eigenvalue weighted by molar-refractivity contribution is 0.602. The molecule has 0 atom stereocenters. The van der Waals surface area contributed by atoms with Crippen LogP contribution in [0, 0.1) is 0 Å². The molecule has 6 heteroatoms. The third-order valence-electron chi connectivity index (χ3n) is 6.33. The SMILES string of the molecule is CC(C)c1cc(-c2cccc(/C=C(\c3ccc(S(C)(=O)=O)cc3)c3ccc(Cl)s3)c2)c2ncccc2c1. The van der Waals surface area contributed by atoms with Crippen molar-refractivity contribution in [1.29, 1.82) is 0 Å². The first kappa shape index (κ1) is 25.4. The maximum atomic E-state index is 12.0. The molecule has 186 valence electrons. The predicted molar refractivity (Wildman–Crippen MR) is 157 cm³/mol. The Labute approximate surface area is 227 Å². The summed E-state index contributed by atoms with van der Waals surface area (Å²) in [6.45, 7) is 4.40. The van der Waals surface area contributed by atoms with Gasteiger partial charge in [-0.3, -0.25) is 4.98 Å². The molecule has 0 N–H and O–H groups in total. The molecule has 0 aliphatic heterocycles. The van der Waals surface area contributed by atoms with Crippen LogP contribution in [0.25, 0.3) is 33.7 Å². The minimum Gasteiger partial charge on any atom is -0.256 e. The molecular formula is C31H26ClNO2S2. The Morgan fingerprint density at radius 3 is 2.41 bits per heavy atom. The van der Waals surface area contributed by atoms with E-state index in [-0.39, 0.29) is 0 Å². The lowest BCUT2D eigenvalue weighted by atomic mass is 9.93. The zero-order chi connectivity index (χ0) is 26.2. The molecule has 0 unspecified atom stereocenters. The molecule has 5 rings (SSSR count). The number of hydrogen-bond donors (Lipinski definition) is 0. The predicted octanol–water partition coefficient (Wildman–Crippen LogP) is 8.73. The molecule has 0 aliphatic carbocycles. The second kappa shape index (κ2) is 10.3. The van der Waals surface area contributed by atoms with E-state index in [1.807, 2.05) is 36.5 Å². The van der Waals surface area contributed by atoms with Gasteiger partial charge in [-0.05, 0) is 88.4 Å². The Kier molecular flexibility index (Phi) is 7.04. The van der Waals surface area contributed by atoms with Crippen molar-refractivity contribution in [2.75, 3.05) is 6.26 Å². The summed E-state index contributed by atoms with van der Waals surface area (Å²) in [7, 11) is -3.27. The highest BCUT2D eigenvalue weighted by Crippen LogP contribution is 2.36. The smallest absolute Gasteiger partial charge is 0.175 e. The van der Waals surface area contributed by atoms with E-state index >= 15 is 0 Å². The van der Waals surface area contributed by atoms with E-state index in [1.165, 1.54) is 23.2 Å². The molecule has 0 amide bonds. The number of benzene rings is 3. The second-order valence-corrected chi connectivity index (χ2v) is 13.1. The van der Waals surface area contributed by atoms with Gasteiger partial charge in [-0.2, -0.15) is 0 Å². The van der Waals surface area contributed by atoms with Gasteiger partial charge in [0.05, 0.1) is 14.7 Å². The highest BCUT2D eigenvalue weighted by Gasteiger charge is 2.13. The number of hydrogen-bond acceptors (Lipinski definition) is 4. The van der Waals surface area contributed by atoms with Crippen LogP contribution < -0.4 is 0 Å². The minimum atomic E-state index is -3.27. The average Bonchev–Trinajstić information content (AvgIpc) is 3.32. The molecule has 3 nitrogen and oxygen atoms in total. The fourth-order valence-electron chi connectivity index (χ4n) is 4.37. The fourth-order valence-corrected chi connectivity index (χ4v) is 6.08. The van der Waals surface area contributed by atoms with Crippen molar-refractivity contribution in [3.63, 3.8) is 0 Å². The average molecular weight is 544 g/mol. The number of thiophene rings is 1. The van der Waals surface area contributed by atoms with Gasteiger partial charge in [0.1, 0.15) is 0 Å². The quantitative estimate of drug-likeness (QED) is 0.201. The first-order valence-corrected chi connectivity index (χ1v) is 15.0. The first-order chi connectivity index (χ1) is 17.7. The normalized spacial score (nSPS) is 12.4. The summed E-state index contributed by atoms with van der Waals surface area (Å²) in [6, 6.07) is 27.9. The monoisotopic (exact) mass is 543 g/mol. The van der Waals surface area contributed by atoms with Crippen molar-refractivity contribution in [3.8, 4) is 11.1 Å². The highest BCUT2D eigenvalue weighted by atomic mass is 35.5. The Hall–Kier alpha value is -3.25. The summed E-state index contributed by atoms with van der Waals surface area (Å²) in [5.41, 5.74) is 7.39. The highest BCUT2D eigenvalue weighted by molar-refractivity contribution is 7.90. The lowest BCUT2D eigenvalue weighted by Crippen LogP contribution is -1.97. The van der Waals surface area contributed by atoms with Crippen molar-refractivity contribution in [3.05, 3.63) is 117 Å². The van der Waals surface area contributed by atoms with Gasteiger partial charge in [0, 0.05) is 28.3 Å². The molecule has 37 heavy (non-hydrogen) atoms. The molecule has 0 saturated carbocycles. The van der Waals surface area contributed by atoms with E-state index in [0.29, 0.717) is 15.1 Å². The van der Waals surface area contributed by atoms with Gasteiger partial charge in [-0.1, -0.05) is 61.8 Å². The lowest BCUT2D eigenvalue weighted by Gasteiger charge is -2.13. The van der Waals surface area contributed by atoms with E-state index in [0.717, 1.165) is 43.6 Å². The molecule has 0 saturated heterocycles. The van der Waals surface area contributed by atoms with Crippen molar-refractivity contribution in [2.45, 2.75) is 24.7 Å². The third-order valence-corrected chi connectivity index (χ3v) is 8.73. The zero-order valence-corrected chi connectivity index (χ0v) is 23.2. The third kappa shape index (κ3) is 5.54. The Balaban J connectivity index is 1.65. The maximum absolute atomic E-state index is 12.0. The number of pyridine rings is 1. The van der Waals surface area contributed by atoms with E-state index in [1.54, 1.807) is 12.1 Å². The molecule has 0 fully saturated rings. The van der Waals surface area contributed by atoms with Crippen molar-refractivity contribution >= 4 is 55.3 Å². The van der Waals surface area contributed by atoms with Gasteiger partial charge >= 0.3 is 0 Å². The van der Waals surface area contributed by atoms with Crippen LogP contribution in [0.4, 0.5) is 0 Å². The van der Waals surface area contributed by atoms with E-state index in [9.17, 15) is 8.42 Å². The minimum absolute atomic E-state index is 0.297. The second-order valence-electron chi connectivity index (χ2n) is 9.38. The summed E-state index contributed by atoms with van der Waals surface area (Å²) in [5.74, 6) is 0.400. The molecule has 3 aromatic carbocycles. The van der Waals surface area contributed by atoms with Crippen LogP contribution in [-0.4, -0.2) is 19.7 Å². The molecule has 5 aromatic rings. The number of sulfone groups is 1. The number of rotatable bonds is 6. The molecular weight excluding hydrogens is 518 g/mol. The van der Waals surface area contributed by atoms with Gasteiger partial charge < -0.3 is 0 Å². The number of halogens is 1. The van der Waals surface area contributed by atoms with Crippen LogP contribution >= 0.6 is 22.9 Å². The van der Waals surface area contributed by atoms with Crippen molar-refractivity contribution < 1.29 is 8.42 Å². The summed E-state index contributed by atoms with van der Waals surface area (Å²) in [5, 5.41) is 1.13. The molecule has 0 bridgehead atoms. The van der Waals surface area contributed by atoms with Crippen LogP contribution in [0.3, 0.4) is 0 Å². The summed E-state index contributed by atoms with van der Waals surface area (Å²) in [4.78, 5) is 6.01. The zero-order valence-electron chi connectivity index (χ0n) is 20.8. The van der Waals surface area contributed by atoms with Crippen LogP contribution in [0.5, 0.6) is 0 Å². The van der Waals surface area contributed by atoms with E-state index in [2.05, 4.69) is 62.4 Å². The van der Waals surface area contributed by atoms with Crippen LogP contribution in [0.15, 0.2) is 96.0 Å². The molecule has 0 spiro atoms. The Morgan fingerprint density at radius 2 is 1.73 bits per heavy atom. The Bertz CT molecular complexity index is 1730. The van der Waals surface area contributed by atoms with Gasteiger partial charge in [0.15, 0.2) is 9.84 Å². The van der Waals surface area contributed by atoms with Crippen molar-refractivity contribution in [2.24, 2.45) is 0 Å². The molecule has 2 aromatic heterocycles. The van der Waals surface area contributed by atoms with Crippen LogP contribution in [-0.2, 0) is 9.84 Å². The van der Waals surface area contributed by atoms with Crippen LogP contribution in [0.1, 0.15) is 41.3 Å². The molecule has 0 radical (unpaired) electrons. The largest absolute Gasteiger partial charge is 0.256 e. The maximum Gasteiger partial charge on any atom is 0.175 e. The standard InChI is InChI=1S/C31H26ClNO2S2/c1-20(2)25-18-24-8-5-15-33-31(24)28(19-25)23-7-4-6-21(16-23)17-27(29-13-14-30(32)36-29)22-9-11-26(12-10-22)37(3,34)35/h4-20H,1-3H3/b27-17+. The number of nitrogens with zero attached hydrogens (tertiary/aromatic N) is 1. The summed E-state index contributed by atoms with van der Waals surface area (Å²) in [6.07, 6.45) is 5.18. The van der Waals surface area contributed by atoms with Gasteiger partial charge in [-0.25, -0.2) is 8.42 Å². The van der Waals surface area contributed by atoms with E-state index in [4.69, 9.17) is 16.6 Å². The van der Waals surface area contributed by atoms with Gasteiger partial charge in [0.25, 0.3) is 0 Å². The molecule has 2 heterocycles. The topological polar surface area (TPSA) is 47.0 Å².